The zero-order chi connectivity index (χ0) is 18.4. The molecule has 0 fully saturated rings. The van der Waals surface area contributed by atoms with E-state index >= 15 is 0 Å². The Balaban J connectivity index is 2.15. The van der Waals surface area contributed by atoms with Gasteiger partial charge in [0.05, 0.1) is 31.6 Å². The van der Waals surface area contributed by atoms with Crippen molar-refractivity contribution < 1.29 is 19.0 Å². The first-order valence-corrected chi connectivity index (χ1v) is 8.78. The maximum atomic E-state index is 12.5. The van der Waals surface area contributed by atoms with Gasteiger partial charge in [0.15, 0.2) is 11.5 Å². The number of halogens is 1. The number of methoxy groups -OCH3 is 3. The molecule has 7 heteroatoms. The predicted molar refractivity (Wildman–Crippen MR) is 101 cm³/mol. The molecule has 0 spiro atoms. The van der Waals surface area contributed by atoms with Gasteiger partial charge in [0.1, 0.15) is 0 Å². The van der Waals surface area contributed by atoms with Crippen molar-refractivity contribution in [2.24, 2.45) is 0 Å². The highest BCUT2D eigenvalue weighted by atomic mass is 35.5. The van der Waals surface area contributed by atoms with Crippen LogP contribution in [0.2, 0.25) is 5.02 Å². The van der Waals surface area contributed by atoms with E-state index in [0.717, 1.165) is 4.90 Å². The molecule has 0 bridgehead atoms. The van der Waals surface area contributed by atoms with Gasteiger partial charge in [0, 0.05) is 22.7 Å². The number of carbonyl (C=O) groups excluding carboxylic acids is 1. The van der Waals surface area contributed by atoms with Crippen LogP contribution in [-0.2, 0) is 4.79 Å². The summed E-state index contributed by atoms with van der Waals surface area (Å²) in [6.45, 7) is 1.82. The van der Waals surface area contributed by atoms with E-state index in [4.69, 9.17) is 25.8 Å². The average molecular weight is 382 g/mol. The first kappa shape index (κ1) is 19.3. The van der Waals surface area contributed by atoms with Crippen LogP contribution in [0.15, 0.2) is 41.3 Å². The molecule has 0 aliphatic heterocycles. The van der Waals surface area contributed by atoms with Gasteiger partial charge < -0.3 is 19.5 Å². The van der Waals surface area contributed by atoms with Crippen molar-refractivity contribution in [1.82, 2.24) is 0 Å². The van der Waals surface area contributed by atoms with Crippen LogP contribution < -0.4 is 19.5 Å². The number of nitrogens with one attached hydrogen (secondary N) is 1. The van der Waals surface area contributed by atoms with Crippen LogP contribution in [0.25, 0.3) is 0 Å². The second-order valence-corrected chi connectivity index (χ2v) is 6.88. The topological polar surface area (TPSA) is 56.8 Å². The van der Waals surface area contributed by atoms with E-state index < -0.39 is 0 Å². The number of thioether (sulfide) groups is 1. The fraction of sp³-hybridized carbons (Fsp3) is 0.278. The van der Waals surface area contributed by atoms with E-state index in [1.807, 2.05) is 25.1 Å². The lowest BCUT2D eigenvalue weighted by Gasteiger charge is -2.16. The SMILES string of the molecule is COc1cc(NC(=O)C(C)Sc2ccccc2Cl)cc(OC)c1OC. The van der Waals surface area contributed by atoms with Gasteiger partial charge in [-0.1, -0.05) is 23.7 Å². The molecule has 0 aromatic heterocycles. The molecule has 2 rings (SSSR count). The minimum absolute atomic E-state index is 0.154. The lowest BCUT2D eigenvalue weighted by atomic mass is 10.2. The summed E-state index contributed by atoms with van der Waals surface area (Å²) in [4.78, 5) is 13.4. The number of benzene rings is 2. The smallest absolute Gasteiger partial charge is 0.237 e. The van der Waals surface area contributed by atoms with Crippen molar-refractivity contribution >= 4 is 35.0 Å². The number of rotatable bonds is 7. The fourth-order valence-corrected chi connectivity index (χ4v) is 3.34. The summed E-state index contributed by atoms with van der Waals surface area (Å²) < 4.78 is 15.9. The van der Waals surface area contributed by atoms with Gasteiger partial charge in [0.2, 0.25) is 11.7 Å². The monoisotopic (exact) mass is 381 g/mol. The Morgan fingerprint density at radius 3 is 2.20 bits per heavy atom. The molecule has 0 saturated heterocycles. The summed E-state index contributed by atoms with van der Waals surface area (Å²) in [5.41, 5.74) is 0.561. The molecule has 1 N–H and O–H groups in total. The molecule has 25 heavy (non-hydrogen) atoms. The van der Waals surface area contributed by atoms with E-state index in [1.54, 1.807) is 18.2 Å². The van der Waals surface area contributed by atoms with Crippen LogP contribution in [-0.4, -0.2) is 32.5 Å². The molecule has 1 atom stereocenters. The zero-order valence-corrected chi connectivity index (χ0v) is 16.0. The third kappa shape index (κ3) is 4.74. The van der Waals surface area contributed by atoms with E-state index in [-0.39, 0.29) is 11.2 Å². The lowest BCUT2D eigenvalue weighted by Crippen LogP contribution is -2.22. The van der Waals surface area contributed by atoms with Crippen LogP contribution in [0.4, 0.5) is 5.69 Å². The molecule has 2 aromatic carbocycles. The van der Waals surface area contributed by atoms with E-state index in [9.17, 15) is 4.79 Å². The van der Waals surface area contributed by atoms with Gasteiger partial charge in [-0.05, 0) is 19.1 Å². The van der Waals surface area contributed by atoms with Gasteiger partial charge >= 0.3 is 0 Å². The maximum Gasteiger partial charge on any atom is 0.237 e. The highest BCUT2D eigenvalue weighted by molar-refractivity contribution is 8.00. The Bertz CT molecular complexity index is 729. The van der Waals surface area contributed by atoms with Crippen molar-refractivity contribution in [2.45, 2.75) is 17.1 Å². The quantitative estimate of drug-likeness (QED) is 0.716. The maximum absolute atomic E-state index is 12.5. The third-order valence-electron chi connectivity index (χ3n) is 3.44. The Labute approximate surface area is 156 Å². The summed E-state index contributed by atoms with van der Waals surface area (Å²) >= 11 is 7.54. The van der Waals surface area contributed by atoms with Crippen molar-refractivity contribution in [3.8, 4) is 17.2 Å². The molecule has 0 aliphatic rings. The lowest BCUT2D eigenvalue weighted by molar-refractivity contribution is -0.115. The van der Waals surface area contributed by atoms with Gasteiger partial charge in [0.25, 0.3) is 0 Å². The van der Waals surface area contributed by atoms with Crippen molar-refractivity contribution in [2.75, 3.05) is 26.6 Å². The number of ether oxygens (including phenoxy) is 3. The molecular formula is C18H20ClNO4S. The molecule has 0 radical (unpaired) electrons. The fourth-order valence-electron chi connectivity index (χ4n) is 2.18. The summed E-state index contributed by atoms with van der Waals surface area (Å²) in [5.74, 6) is 1.27. The Morgan fingerprint density at radius 2 is 1.68 bits per heavy atom. The average Bonchev–Trinajstić information content (AvgIpc) is 2.62. The summed E-state index contributed by atoms with van der Waals surface area (Å²) in [7, 11) is 4.58. The molecule has 134 valence electrons. The zero-order valence-electron chi connectivity index (χ0n) is 14.5. The summed E-state index contributed by atoms with van der Waals surface area (Å²) in [5, 5.41) is 3.15. The van der Waals surface area contributed by atoms with Gasteiger partial charge in [-0.3, -0.25) is 4.79 Å². The van der Waals surface area contributed by atoms with E-state index in [0.29, 0.717) is 28.0 Å². The number of carbonyl (C=O) groups is 1. The molecule has 0 aliphatic carbocycles. The standard InChI is InChI=1S/C18H20ClNO4S/c1-11(25-16-8-6-5-7-13(16)19)18(21)20-12-9-14(22-2)17(24-4)15(10-12)23-3/h5-11H,1-4H3,(H,20,21). The van der Waals surface area contributed by atoms with Crippen molar-refractivity contribution in [1.29, 1.82) is 0 Å². The highest BCUT2D eigenvalue weighted by Gasteiger charge is 2.19. The second-order valence-electron chi connectivity index (χ2n) is 5.09. The minimum Gasteiger partial charge on any atom is -0.493 e. The molecule has 1 unspecified atom stereocenters. The van der Waals surface area contributed by atoms with Gasteiger partial charge in [-0.15, -0.1) is 11.8 Å². The van der Waals surface area contributed by atoms with Crippen molar-refractivity contribution in [3.63, 3.8) is 0 Å². The molecule has 2 aromatic rings. The van der Waals surface area contributed by atoms with Crippen LogP contribution in [0.5, 0.6) is 17.2 Å². The predicted octanol–water partition coefficient (Wildman–Crippen LogP) is 4.49. The van der Waals surface area contributed by atoms with E-state index in [1.165, 1.54) is 33.1 Å². The number of hydrogen-bond donors (Lipinski definition) is 1. The molecule has 5 nitrogen and oxygen atoms in total. The van der Waals surface area contributed by atoms with Crippen LogP contribution in [0.1, 0.15) is 6.92 Å². The Kier molecular flexibility index (Phi) is 6.84. The highest BCUT2D eigenvalue weighted by Crippen LogP contribution is 2.40. The number of anilines is 1. The second kappa shape index (κ2) is 8.87. The van der Waals surface area contributed by atoms with E-state index in [2.05, 4.69) is 5.32 Å². The van der Waals surface area contributed by atoms with Crippen LogP contribution in [0, 0.1) is 0 Å². The summed E-state index contributed by atoms with van der Waals surface area (Å²) in [6.07, 6.45) is 0. The van der Waals surface area contributed by atoms with Gasteiger partial charge in [-0.25, -0.2) is 0 Å². The number of hydrogen-bond acceptors (Lipinski definition) is 5. The minimum atomic E-state index is -0.334. The normalized spacial score (nSPS) is 11.6. The van der Waals surface area contributed by atoms with Crippen LogP contribution >= 0.6 is 23.4 Å². The third-order valence-corrected chi connectivity index (χ3v) is 5.06. The van der Waals surface area contributed by atoms with Crippen molar-refractivity contribution in [3.05, 3.63) is 41.4 Å². The molecular weight excluding hydrogens is 362 g/mol. The number of amides is 1. The Morgan fingerprint density at radius 1 is 1.08 bits per heavy atom. The van der Waals surface area contributed by atoms with Crippen LogP contribution in [0.3, 0.4) is 0 Å². The van der Waals surface area contributed by atoms with Gasteiger partial charge in [-0.2, -0.15) is 0 Å². The molecule has 0 heterocycles. The molecule has 1 amide bonds. The summed E-state index contributed by atoms with van der Waals surface area (Å²) in [6, 6.07) is 10.8. The first-order valence-electron chi connectivity index (χ1n) is 7.52. The Hall–Kier alpha value is -2.05. The molecule has 0 saturated carbocycles. The largest absolute Gasteiger partial charge is 0.493 e. The first-order chi connectivity index (χ1) is 12.0.